The van der Waals surface area contributed by atoms with Crippen LogP contribution >= 0.6 is 0 Å². The van der Waals surface area contributed by atoms with E-state index in [1.165, 1.54) is 0 Å². The largest absolute Gasteiger partial charge is 0.497 e. The average Bonchev–Trinajstić information content (AvgIpc) is 2.55. The minimum absolute atomic E-state index is 0.0276. The molecule has 120 valence electrons. The number of nitrogens with one attached hydrogen (secondary N) is 1. The van der Waals surface area contributed by atoms with Crippen LogP contribution in [-0.4, -0.2) is 24.8 Å². The lowest BCUT2D eigenvalue weighted by atomic mass is 10.0. The Labute approximate surface area is 136 Å². The first-order chi connectivity index (χ1) is 11.1. The quantitative estimate of drug-likeness (QED) is 0.800. The third kappa shape index (κ3) is 5.25. The van der Waals surface area contributed by atoms with Gasteiger partial charge in [0.05, 0.1) is 13.5 Å². The number of hydrogen-bond acceptors (Lipinski definition) is 3. The number of amides is 1. The molecular formula is C19H21NO3. The van der Waals surface area contributed by atoms with Crippen molar-refractivity contribution in [1.29, 1.82) is 0 Å². The van der Waals surface area contributed by atoms with Crippen molar-refractivity contribution in [3.8, 4) is 5.75 Å². The molecule has 1 N–H and O–H groups in total. The van der Waals surface area contributed by atoms with Crippen LogP contribution in [0.5, 0.6) is 5.75 Å². The molecule has 0 bridgehead atoms. The highest BCUT2D eigenvalue weighted by Crippen LogP contribution is 2.13. The van der Waals surface area contributed by atoms with E-state index in [4.69, 9.17) is 4.74 Å². The molecule has 0 saturated carbocycles. The van der Waals surface area contributed by atoms with Crippen LogP contribution in [0, 0.1) is 0 Å². The van der Waals surface area contributed by atoms with Crippen LogP contribution in [0.3, 0.4) is 0 Å². The van der Waals surface area contributed by atoms with Gasteiger partial charge in [-0.3, -0.25) is 9.59 Å². The van der Waals surface area contributed by atoms with Crippen molar-refractivity contribution in [2.24, 2.45) is 0 Å². The zero-order valence-corrected chi connectivity index (χ0v) is 13.4. The standard InChI is InChI=1S/C19H21NO3/c1-14(11-18(21)16-8-4-3-5-9-16)20-19(22)13-15-7-6-10-17(12-15)23-2/h3-10,12,14H,11,13H2,1-2H3,(H,20,22). The predicted molar refractivity (Wildman–Crippen MR) is 89.7 cm³/mol. The van der Waals surface area contributed by atoms with E-state index in [0.717, 1.165) is 11.3 Å². The van der Waals surface area contributed by atoms with Crippen molar-refractivity contribution in [3.63, 3.8) is 0 Å². The number of carbonyl (C=O) groups excluding carboxylic acids is 2. The van der Waals surface area contributed by atoms with E-state index in [9.17, 15) is 9.59 Å². The van der Waals surface area contributed by atoms with Gasteiger partial charge in [0.15, 0.2) is 5.78 Å². The Bertz CT molecular complexity index is 667. The van der Waals surface area contributed by atoms with Crippen molar-refractivity contribution in [1.82, 2.24) is 5.32 Å². The van der Waals surface area contributed by atoms with Gasteiger partial charge in [-0.2, -0.15) is 0 Å². The van der Waals surface area contributed by atoms with Crippen LogP contribution in [-0.2, 0) is 11.2 Å². The van der Waals surface area contributed by atoms with Gasteiger partial charge in [0.2, 0.25) is 5.91 Å². The molecule has 2 aromatic rings. The zero-order valence-electron chi connectivity index (χ0n) is 13.4. The second-order valence-electron chi connectivity index (χ2n) is 5.49. The van der Waals surface area contributed by atoms with Gasteiger partial charge in [0, 0.05) is 18.0 Å². The molecule has 0 fully saturated rings. The molecule has 0 aliphatic heterocycles. The number of ketones is 1. The molecule has 4 heteroatoms. The van der Waals surface area contributed by atoms with E-state index in [1.807, 2.05) is 49.4 Å². The van der Waals surface area contributed by atoms with E-state index in [-0.39, 0.29) is 30.6 Å². The maximum atomic E-state index is 12.1. The molecule has 0 spiro atoms. The molecule has 2 rings (SSSR count). The van der Waals surface area contributed by atoms with Gasteiger partial charge in [-0.1, -0.05) is 42.5 Å². The summed E-state index contributed by atoms with van der Waals surface area (Å²) in [7, 11) is 1.59. The maximum Gasteiger partial charge on any atom is 0.224 e. The Morgan fingerprint density at radius 3 is 2.52 bits per heavy atom. The molecule has 23 heavy (non-hydrogen) atoms. The van der Waals surface area contributed by atoms with Gasteiger partial charge in [0.25, 0.3) is 0 Å². The molecule has 1 atom stereocenters. The topological polar surface area (TPSA) is 55.4 Å². The highest BCUT2D eigenvalue weighted by atomic mass is 16.5. The lowest BCUT2D eigenvalue weighted by Crippen LogP contribution is -2.35. The van der Waals surface area contributed by atoms with Crippen molar-refractivity contribution in [2.75, 3.05) is 7.11 Å². The number of ether oxygens (including phenoxy) is 1. The van der Waals surface area contributed by atoms with Crippen LogP contribution in [0.2, 0.25) is 0 Å². The number of methoxy groups -OCH3 is 1. The molecule has 0 saturated heterocycles. The minimum Gasteiger partial charge on any atom is -0.497 e. The molecule has 1 amide bonds. The lowest BCUT2D eigenvalue weighted by molar-refractivity contribution is -0.121. The molecule has 0 radical (unpaired) electrons. The molecule has 0 aromatic heterocycles. The molecule has 4 nitrogen and oxygen atoms in total. The average molecular weight is 311 g/mol. The van der Waals surface area contributed by atoms with E-state index in [2.05, 4.69) is 5.32 Å². The summed E-state index contributed by atoms with van der Waals surface area (Å²) in [5.74, 6) is 0.647. The van der Waals surface area contributed by atoms with Crippen LogP contribution in [0.15, 0.2) is 54.6 Å². The second-order valence-corrected chi connectivity index (χ2v) is 5.49. The van der Waals surface area contributed by atoms with Crippen LogP contribution in [0.4, 0.5) is 0 Å². The van der Waals surface area contributed by atoms with E-state index in [1.54, 1.807) is 19.2 Å². The summed E-state index contributed by atoms with van der Waals surface area (Å²) < 4.78 is 5.14. The summed E-state index contributed by atoms with van der Waals surface area (Å²) in [5, 5.41) is 2.87. The Morgan fingerprint density at radius 2 is 1.83 bits per heavy atom. The summed E-state index contributed by atoms with van der Waals surface area (Å²) in [4.78, 5) is 24.2. The first kappa shape index (κ1) is 16.7. The molecule has 2 aromatic carbocycles. The fourth-order valence-corrected chi connectivity index (χ4v) is 2.36. The van der Waals surface area contributed by atoms with Crippen LogP contribution in [0.25, 0.3) is 0 Å². The number of Topliss-reactive ketones (excluding diaryl/α,β-unsaturated/α-hetero) is 1. The second kappa shape index (κ2) is 8.13. The summed E-state index contributed by atoms with van der Waals surface area (Å²) in [5.41, 5.74) is 1.55. The van der Waals surface area contributed by atoms with Crippen LogP contribution < -0.4 is 10.1 Å². The third-order valence-corrected chi connectivity index (χ3v) is 3.49. The van der Waals surface area contributed by atoms with E-state index in [0.29, 0.717) is 5.56 Å². The first-order valence-corrected chi connectivity index (χ1v) is 7.59. The summed E-state index contributed by atoms with van der Waals surface area (Å²) in [6.45, 7) is 1.84. The first-order valence-electron chi connectivity index (χ1n) is 7.59. The van der Waals surface area contributed by atoms with Gasteiger partial charge < -0.3 is 10.1 Å². The Hall–Kier alpha value is -2.62. The fraction of sp³-hybridized carbons (Fsp3) is 0.263. The molecule has 1 unspecified atom stereocenters. The minimum atomic E-state index is -0.208. The van der Waals surface area contributed by atoms with Gasteiger partial charge >= 0.3 is 0 Å². The number of benzene rings is 2. The lowest BCUT2D eigenvalue weighted by Gasteiger charge is -2.13. The maximum absolute atomic E-state index is 12.1. The normalized spacial score (nSPS) is 11.6. The van der Waals surface area contributed by atoms with Crippen LogP contribution in [0.1, 0.15) is 29.3 Å². The highest BCUT2D eigenvalue weighted by Gasteiger charge is 2.13. The molecule has 0 aliphatic rings. The summed E-state index contributed by atoms with van der Waals surface area (Å²) in [6.07, 6.45) is 0.551. The van der Waals surface area contributed by atoms with Gasteiger partial charge in [-0.25, -0.2) is 0 Å². The fourth-order valence-electron chi connectivity index (χ4n) is 2.36. The predicted octanol–water partition coefficient (Wildman–Crippen LogP) is 3.02. The van der Waals surface area contributed by atoms with Gasteiger partial charge in [0.1, 0.15) is 5.75 Å². The smallest absolute Gasteiger partial charge is 0.224 e. The highest BCUT2D eigenvalue weighted by molar-refractivity contribution is 5.96. The van der Waals surface area contributed by atoms with Crippen molar-refractivity contribution in [3.05, 3.63) is 65.7 Å². The van der Waals surface area contributed by atoms with Crippen molar-refractivity contribution in [2.45, 2.75) is 25.8 Å². The van der Waals surface area contributed by atoms with Gasteiger partial charge in [-0.05, 0) is 24.6 Å². The Balaban J connectivity index is 1.86. The number of hydrogen-bond donors (Lipinski definition) is 1. The Morgan fingerprint density at radius 1 is 1.09 bits per heavy atom. The molecule has 0 heterocycles. The number of rotatable bonds is 7. The van der Waals surface area contributed by atoms with Crippen molar-refractivity contribution >= 4 is 11.7 Å². The molecular weight excluding hydrogens is 290 g/mol. The third-order valence-electron chi connectivity index (χ3n) is 3.49. The summed E-state index contributed by atoms with van der Waals surface area (Å²) in [6, 6.07) is 16.3. The van der Waals surface area contributed by atoms with E-state index < -0.39 is 0 Å². The SMILES string of the molecule is COc1cccc(CC(=O)NC(C)CC(=O)c2ccccc2)c1. The van der Waals surface area contributed by atoms with Crippen molar-refractivity contribution < 1.29 is 14.3 Å². The monoisotopic (exact) mass is 311 g/mol. The van der Waals surface area contributed by atoms with Gasteiger partial charge in [-0.15, -0.1) is 0 Å². The number of carbonyl (C=O) groups is 2. The zero-order chi connectivity index (χ0) is 16.7. The Kier molecular flexibility index (Phi) is 5.92. The van der Waals surface area contributed by atoms with E-state index >= 15 is 0 Å². The summed E-state index contributed by atoms with van der Waals surface area (Å²) >= 11 is 0. The molecule has 0 aliphatic carbocycles.